The first kappa shape index (κ1) is 43.0. The minimum Gasteiger partial charge on any atom is -0.399 e. The molecule has 0 radical (unpaired) electrons. The summed E-state index contributed by atoms with van der Waals surface area (Å²) in [5.41, 5.74) is 11.6. The summed E-state index contributed by atoms with van der Waals surface area (Å²) >= 11 is 12.3. The number of nitrogens with one attached hydrogen (secondary N) is 3. The van der Waals surface area contributed by atoms with E-state index in [2.05, 4.69) is 15.4 Å². The number of hydrogen-bond donors (Lipinski definition) is 4. The summed E-state index contributed by atoms with van der Waals surface area (Å²) in [6.07, 6.45) is 13.7. The van der Waals surface area contributed by atoms with Crippen molar-refractivity contribution in [1.82, 2.24) is 0 Å². The van der Waals surface area contributed by atoms with Gasteiger partial charge in [0.2, 0.25) is 19.1 Å². The predicted octanol–water partition coefficient (Wildman–Crippen LogP) is 10.1. The summed E-state index contributed by atoms with van der Waals surface area (Å²) in [5, 5.41) is 6.95. The second-order valence-electron chi connectivity index (χ2n) is 14.1. The number of carbonyl (C=O) groups excluding carboxylic acids is 2. The fourth-order valence-corrected chi connectivity index (χ4v) is 10.2. The number of nitrogens with two attached hydrogens (primary N) is 1. The van der Waals surface area contributed by atoms with Crippen molar-refractivity contribution in [2.24, 2.45) is 0 Å². The molecule has 10 nitrogen and oxygen atoms in total. The third-order valence-electron chi connectivity index (χ3n) is 10.1. The highest BCUT2D eigenvalue weighted by Gasteiger charge is 2.28. The Kier molecular flexibility index (Phi) is 16.0. The van der Waals surface area contributed by atoms with E-state index in [9.17, 15) is 26.4 Å². The van der Waals surface area contributed by atoms with Crippen LogP contribution in [0.1, 0.15) is 117 Å². The molecule has 0 spiro atoms. The van der Waals surface area contributed by atoms with Gasteiger partial charge in [-0.2, -0.15) is 0 Å². The molecule has 0 heterocycles. The highest BCUT2D eigenvalue weighted by Crippen LogP contribution is 2.33. The van der Waals surface area contributed by atoms with Gasteiger partial charge in [-0.1, -0.05) is 61.7 Å². The van der Waals surface area contributed by atoms with Crippen LogP contribution in [0.2, 0.25) is 10.0 Å². The number of nitrogen functional groups attached to an aromatic ring is 1. The van der Waals surface area contributed by atoms with Crippen molar-refractivity contribution in [2.45, 2.75) is 127 Å². The minimum absolute atomic E-state index is 0.143. The maximum atomic E-state index is 12.6. The molecule has 6 rings (SSSR count). The van der Waals surface area contributed by atoms with Gasteiger partial charge in [-0.25, -0.2) is 16.8 Å². The van der Waals surface area contributed by atoms with Gasteiger partial charge in [-0.3, -0.25) is 14.3 Å². The summed E-state index contributed by atoms with van der Waals surface area (Å²) in [6, 6.07) is 10.3. The summed E-state index contributed by atoms with van der Waals surface area (Å²) < 4.78 is 49.4. The topological polar surface area (TPSA) is 165 Å². The molecule has 4 aliphatic carbocycles. The van der Waals surface area contributed by atoms with Crippen LogP contribution in [-0.2, 0) is 28.7 Å². The van der Waals surface area contributed by atoms with Crippen LogP contribution in [-0.4, -0.2) is 38.9 Å². The van der Waals surface area contributed by atoms with E-state index in [1.807, 2.05) is 13.8 Å². The third kappa shape index (κ3) is 12.9. The van der Waals surface area contributed by atoms with E-state index in [1.165, 1.54) is 0 Å². The normalized spacial score (nSPS) is 19.1. The van der Waals surface area contributed by atoms with E-state index >= 15 is 0 Å². The lowest BCUT2D eigenvalue weighted by atomic mass is 9.96. The quantitative estimate of drug-likeness (QED) is 0.150. The van der Waals surface area contributed by atoms with Gasteiger partial charge < -0.3 is 16.4 Å². The van der Waals surface area contributed by atoms with Crippen molar-refractivity contribution in [3.63, 3.8) is 0 Å². The molecular formula is C38H51Cl3N4O6S2. The second kappa shape index (κ2) is 19.7. The Labute approximate surface area is 329 Å². The Morgan fingerprint density at radius 3 is 1.55 bits per heavy atom. The fourth-order valence-electron chi connectivity index (χ4n) is 6.87. The average Bonchev–Trinajstić information content (AvgIpc) is 3.12. The van der Waals surface area contributed by atoms with Crippen LogP contribution in [0.25, 0.3) is 0 Å². The number of allylic oxidation sites excluding steroid dienone is 4. The number of benzene rings is 2. The molecule has 53 heavy (non-hydrogen) atoms. The van der Waals surface area contributed by atoms with Gasteiger partial charge in [-0.05, 0) is 102 Å². The lowest BCUT2D eigenvalue weighted by molar-refractivity contribution is -0.116. The lowest BCUT2D eigenvalue weighted by Gasteiger charge is -2.23. The number of halogens is 3. The highest BCUT2D eigenvalue weighted by molar-refractivity contribution is 8.14. The van der Waals surface area contributed by atoms with Crippen molar-refractivity contribution in [1.29, 1.82) is 0 Å². The Bertz CT molecular complexity index is 1920. The van der Waals surface area contributed by atoms with E-state index in [-0.39, 0.29) is 22.1 Å². The number of carbonyl (C=O) groups is 2. The maximum absolute atomic E-state index is 12.6. The van der Waals surface area contributed by atoms with Crippen molar-refractivity contribution >= 4 is 87.3 Å². The number of Topliss-reactive ketones (excluding diaryl/α,β-unsaturated/α-hetero) is 2. The molecule has 2 fully saturated rings. The minimum atomic E-state index is -3.41. The van der Waals surface area contributed by atoms with Crippen LogP contribution in [0.4, 0.5) is 22.7 Å². The van der Waals surface area contributed by atoms with Crippen molar-refractivity contribution < 1.29 is 26.4 Å². The van der Waals surface area contributed by atoms with Gasteiger partial charge >= 0.3 is 0 Å². The molecule has 0 amide bonds. The van der Waals surface area contributed by atoms with Crippen LogP contribution in [0.3, 0.4) is 0 Å². The van der Waals surface area contributed by atoms with Gasteiger partial charge in [0.05, 0.1) is 37.6 Å². The van der Waals surface area contributed by atoms with Crippen molar-refractivity contribution in [3.8, 4) is 0 Å². The van der Waals surface area contributed by atoms with Crippen LogP contribution in [0.15, 0.2) is 58.9 Å². The van der Waals surface area contributed by atoms with Gasteiger partial charge in [-0.15, -0.1) is 0 Å². The Balaban J connectivity index is 0.000000198. The lowest BCUT2D eigenvalue weighted by Crippen LogP contribution is -2.29. The number of rotatable bonds is 8. The molecule has 0 aliphatic heterocycles. The molecule has 0 aromatic heterocycles. The molecule has 2 aromatic carbocycles. The summed E-state index contributed by atoms with van der Waals surface area (Å²) in [5.74, 6) is 0.350. The van der Waals surface area contributed by atoms with E-state index in [1.54, 1.807) is 36.4 Å². The standard InChI is InChI=1S/C19H25ClN2O3S.C13H15ClN2O.C6H11ClO2S/c1-13-17(8-5-9-19(13)23)21-18-12-14(10-11-16(18)20)22-26(24,25)15-6-3-2-4-7-15;1-8-11(3-2-4-13(8)17)16-12-7-9(15)5-6-10(12)14;7-10(8,9)6-4-2-1-3-5-6/h10-12,15,21-22H,2-9H2,1H3;5-7,16H,2-4,15H2,1H3;6H,1-5H2. The SMILES string of the molecule is CC1=C(Nc2cc(N)ccc2Cl)CCCC1=O.CC1=C(Nc2cc(NS(=O)(=O)C3CCCCC3)ccc2Cl)CCCC1=O.O=S(=O)(Cl)C1CCCCC1. The molecule has 0 saturated heterocycles. The highest BCUT2D eigenvalue weighted by atomic mass is 35.7. The summed E-state index contributed by atoms with van der Waals surface area (Å²) in [7, 11) is -1.48. The zero-order valence-electron chi connectivity index (χ0n) is 30.4. The summed E-state index contributed by atoms with van der Waals surface area (Å²) in [6.45, 7) is 3.66. The van der Waals surface area contributed by atoms with Gasteiger partial charge in [0.15, 0.2) is 11.6 Å². The van der Waals surface area contributed by atoms with Crippen LogP contribution >= 0.6 is 33.9 Å². The van der Waals surface area contributed by atoms with Crippen molar-refractivity contribution in [2.75, 3.05) is 21.1 Å². The zero-order valence-corrected chi connectivity index (χ0v) is 34.3. The monoisotopic (exact) mass is 828 g/mol. The molecule has 4 aliphatic rings. The van der Waals surface area contributed by atoms with E-state index in [0.29, 0.717) is 52.8 Å². The van der Waals surface area contributed by atoms with Gasteiger partial charge in [0, 0.05) is 51.8 Å². The Hall–Kier alpha value is -2.77. The molecular weight excluding hydrogens is 779 g/mol. The Morgan fingerprint density at radius 1 is 0.623 bits per heavy atom. The zero-order chi connectivity index (χ0) is 38.8. The molecule has 2 aromatic rings. The molecule has 0 unspecified atom stereocenters. The molecule has 0 atom stereocenters. The average molecular weight is 830 g/mol. The molecule has 2 saturated carbocycles. The molecule has 15 heteroatoms. The molecule has 0 bridgehead atoms. The predicted molar refractivity (Wildman–Crippen MR) is 219 cm³/mol. The second-order valence-corrected chi connectivity index (χ2v) is 19.8. The maximum Gasteiger partial charge on any atom is 0.235 e. The first-order valence-corrected chi connectivity index (χ1v) is 23.0. The number of sulfonamides is 1. The first-order valence-electron chi connectivity index (χ1n) is 18.3. The number of anilines is 4. The molecule has 5 N–H and O–H groups in total. The van der Waals surface area contributed by atoms with Gasteiger partial charge in [0.25, 0.3) is 0 Å². The smallest absolute Gasteiger partial charge is 0.235 e. The van der Waals surface area contributed by atoms with Gasteiger partial charge in [0.1, 0.15) is 0 Å². The number of hydrogen-bond acceptors (Lipinski definition) is 9. The molecule has 292 valence electrons. The van der Waals surface area contributed by atoms with E-state index < -0.39 is 19.1 Å². The third-order valence-corrected chi connectivity index (χ3v) is 14.7. The largest absolute Gasteiger partial charge is 0.399 e. The van der Waals surface area contributed by atoms with E-state index in [0.717, 1.165) is 105 Å². The number of ketones is 2. The van der Waals surface area contributed by atoms with Crippen LogP contribution < -0.4 is 21.1 Å². The summed E-state index contributed by atoms with van der Waals surface area (Å²) in [4.78, 5) is 23.5. The van der Waals surface area contributed by atoms with E-state index in [4.69, 9.17) is 39.6 Å². The first-order chi connectivity index (χ1) is 25.0. The van der Waals surface area contributed by atoms with Crippen LogP contribution in [0.5, 0.6) is 0 Å². The fraction of sp³-hybridized carbons (Fsp3) is 0.526. The Morgan fingerprint density at radius 2 is 1.08 bits per heavy atom. The van der Waals surface area contributed by atoms with Crippen molar-refractivity contribution in [3.05, 3.63) is 69.0 Å². The van der Waals surface area contributed by atoms with Crippen LogP contribution in [0, 0.1) is 0 Å².